The molecule has 0 radical (unpaired) electrons. The first kappa shape index (κ1) is 20.5. The van der Waals surface area contributed by atoms with Gasteiger partial charge in [-0.2, -0.15) is 9.57 Å². The van der Waals surface area contributed by atoms with Gasteiger partial charge in [-0.3, -0.25) is 4.79 Å². The maximum absolute atomic E-state index is 13.1. The van der Waals surface area contributed by atoms with Crippen LogP contribution in [0.15, 0.2) is 58.8 Å². The summed E-state index contributed by atoms with van der Waals surface area (Å²) in [6, 6.07) is 16.6. The lowest BCUT2D eigenvalue weighted by Crippen LogP contribution is -3.15. The highest BCUT2D eigenvalue weighted by Crippen LogP contribution is 2.23. The molecule has 7 nitrogen and oxygen atoms in total. The van der Waals surface area contributed by atoms with Gasteiger partial charge in [-0.15, -0.1) is 11.3 Å². The van der Waals surface area contributed by atoms with Gasteiger partial charge >= 0.3 is 0 Å². The molecule has 4 rings (SSSR count). The molecule has 2 aromatic carbocycles. The van der Waals surface area contributed by atoms with Crippen LogP contribution >= 0.6 is 11.3 Å². The van der Waals surface area contributed by atoms with E-state index < -0.39 is 10.0 Å². The zero-order chi connectivity index (χ0) is 21.1. The Hall–Kier alpha value is -2.77. The number of piperazine rings is 1. The van der Waals surface area contributed by atoms with Gasteiger partial charge in [0.25, 0.3) is 5.91 Å². The molecule has 1 aliphatic heterocycles. The molecule has 1 fully saturated rings. The smallest absolute Gasteiger partial charge is 0.280 e. The number of hydrogen-bond donors (Lipinski definition) is 2. The highest BCUT2D eigenvalue weighted by atomic mass is 32.2. The molecule has 154 valence electrons. The van der Waals surface area contributed by atoms with E-state index in [0.717, 1.165) is 15.7 Å². The normalized spacial score (nSPS) is 15.7. The quantitative estimate of drug-likeness (QED) is 0.624. The van der Waals surface area contributed by atoms with E-state index in [2.05, 4.69) is 5.32 Å². The molecule has 2 N–H and O–H groups in total. The third-order valence-electron chi connectivity index (χ3n) is 5.24. The molecular weight excluding hydrogens is 420 g/mol. The van der Waals surface area contributed by atoms with Gasteiger partial charge < -0.3 is 10.2 Å². The molecule has 30 heavy (non-hydrogen) atoms. The van der Waals surface area contributed by atoms with Crippen LogP contribution in [0, 0.1) is 11.3 Å². The minimum Gasteiger partial charge on any atom is -0.325 e. The van der Waals surface area contributed by atoms with Crippen molar-refractivity contribution in [2.75, 3.05) is 38.0 Å². The van der Waals surface area contributed by atoms with E-state index in [-0.39, 0.29) is 12.5 Å². The fraction of sp³-hybridized carbons (Fsp3) is 0.238. The van der Waals surface area contributed by atoms with Gasteiger partial charge in [0.15, 0.2) is 6.54 Å². The van der Waals surface area contributed by atoms with Crippen molar-refractivity contribution in [2.24, 2.45) is 0 Å². The number of anilines is 1. The lowest BCUT2D eigenvalue weighted by molar-refractivity contribution is -0.895. The number of rotatable bonds is 5. The van der Waals surface area contributed by atoms with Gasteiger partial charge in [-0.1, -0.05) is 30.3 Å². The van der Waals surface area contributed by atoms with Crippen molar-refractivity contribution >= 4 is 43.0 Å². The fourth-order valence-corrected chi connectivity index (χ4v) is 5.82. The number of amides is 1. The van der Waals surface area contributed by atoms with Crippen molar-refractivity contribution in [3.8, 4) is 6.07 Å². The third-order valence-corrected chi connectivity index (χ3v) is 7.96. The molecule has 0 bridgehead atoms. The van der Waals surface area contributed by atoms with Crippen molar-refractivity contribution in [1.82, 2.24) is 4.31 Å². The maximum atomic E-state index is 13.1. The number of benzene rings is 2. The van der Waals surface area contributed by atoms with Crippen LogP contribution in [0.1, 0.15) is 5.56 Å². The van der Waals surface area contributed by atoms with Gasteiger partial charge in [-0.05, 0) is 34.4 Å². The molecule has 1 aromatic heterocycles. The first-order chi connectivity index (χ1) is 14.5. The van der Waals surface area contributed by atoms with Crippen LogP contribution in [-0.2, 0) is 14.8 Å². The monoisotopic (exact) mass is 441 g/mol. The molecular formula is C21H21N4O3S2+. The average molecular weight is 442 g/mol. The highest BCUT2D eigenvalue weighted by Gasteiger charge is 2.31. The summed E-state index contributed by atoms with van der Waals surface area (Å²) >= 11 is 1.32. The summed E-state index contributed by atoms with van der Waals surface area (Å²) in [6.45, 7) is 2.07. The van der Waals surface area contributed by atoms with Crippen molar-refractivity contribution in [2.45, 2.75) is 4.90 Å². The molecule has 3 aromatic rings. The van der Waals surface area contributed by atoms with Gasteiger partial charge in [-0.25, -0.2) is 8.42 Å². The van der Waals surface area contributed by atoms with Crippen molar-refractivity contribution in [3.05, 3.63) is 59.5 Å². The number of thiophene rings is 1. The Kier molecular flexibility index (Phi) is 5.83. The van der Waals surface area contributed by atoms with Crippen LogP contribution in [0.4, 0.5) is 5.00 Å². The van der Waals surface area contributed by atoms with E-state index >= 15 is 0 Å². The molecule has 1 aliphatic rings. The molecule has 0 aliphatic carbocycles. The van der Waals surface area contributed by atoms with Crippen molar-refractivity contribution in [3.63, 3.8) is 0 Å². The summed E-state index contributed by atoms with van der Waals surface area (Å²) in [6.07, 6.45) is 0. The molecule has 0 saturated carbocycles. The highest BCUT2D eigenvalue weighted by molar-refractivity contribution is 7.89. The van der Waals surface area contributed by atoms with Crippen LogP contribution in [0.2, 0.25) is 0 Å². The zero-order valence-electron chi connectivity index (χ0n) is 16.2. The van der Waals surface area contributed by atoms with Crippen LogP contribution in [-0.4, -0.2) is 51.4 Å². The number of hydrogen-bond acceptors (Lipinski definition) is 5. The number of nitrogens with one attached hydrogen (secondary N) is 2. The lowest BCUT2D eigenvalue weighted by atomic mass is 10.1. The predicted octanol–water partition coefficient (Wildman–Crippen LogP) is 1.30. The number of carbonyl (C=O) groups excluding carboxylic acids is 1. The first-order valence-corrected chi connectivity index (χ1v) is 11.9. The number of carbonyl (C=O) groups is 1. The van der Waals surface area contributed by atoms with Crippen LogP contribution in [0.3, 0.4) is 0 Å². The van der Waals surface area contributed by atoms with E-state index in [1.54, 1.807) is 23.6 Å². The Morgan fingerprint density at radius 1 is 1.13 bits per heavy atom. The van der Waals surface area contributed by atoms with E-state index in [0.29, 0.717) is 41.6 Å². The second-order valence-corrected chi connectivity index (χ2v) is 10.0. The van der Waals surface area contributed by atoms with E-state index in [4.69, 9.17) is 5.26 Å². The molecule has 1 amide bonds. The van der Waals surface area contributed by atoms with E-state index in [9.17, 15) is 13.2 Å². The summed E-state index contributed by atoms with van der Waals surface area (Å²) in [7, 11) is -3.57. The number of nitrogens with zero attached hydrogens (tertiary/aromatic N) is 2. The number of nitriles is 1. The SMILES string of the molecule is N#Cc1ccsc1NC(=O)C[NH+]1CCN(S(=O)(=O)c2ccc3ccccc3c2)CC1. The minimum absolute atomic E-state index is 0.171. The zero-order valence-corrected chi connectivity index (χ0v) is 17.8. The van der Waals surface area contributed by atoms with Gasteiger partial charge in [0.1, 0.15) is 11.1 Å². The van der Waals surface area contributed by atoms with E-state index in [1.165, 1.54) is 15.6 Å². The second-order valence-electron chi connectivity index (χ2n) is 7.16. The Morgan fingerprint density at radius 3 is 2.60 bits per heavy atom. The lowest BCUT2D eigenvalue weighted by Gasteiger charge is -2.31. The third kappa shape index (κ3) is 4.22. The Bertz CT molecular complexity index is 1220. The summed E-state index contributed by atoms with van der Waals surface area (Å²) in [5, 5.41) is 16.0. The largest absolute Gasteiger partial charge is 0.325 e. The van der Waals surface area contributed by atoms with E-state index in [1.807, 2.05) is 36.4 Å². The standard InChI is InChI=1S/C21H20N4O3S2/c22-14-18-7-12-29-21(18)23-20(26)15-24-8-10-25(11-9-24)30(27,28)19-6-5-16-3-1-2-4-17(16)13-19/h1-7,12-13H,8-11,15H2,(H,23,26)/p+1. The van der Waals surface area contributed by atoms with Gasteiger partial charge in [0.05, 0.1) is 36.6 Å². The molecule has 2 heterocycles. The number of quaternary nitrogens is 1. The summed E-state index contributed by atoms with van der Waals surface area (Å²) in [5.74, 6) is -0.171. The Balaban J connectivity index is 1.37. The van der Waals surface area contributed by atoms with Crippen LogP contribution in [0.5, 0.6) is 0 Å². The second kappa shape index (κ2) is 8.53. The fourth-order valence-electron chi connectivity index (χ4n) is 3.59. The summed E-state index contributed by atoms with van der Waals surface area (Å²) < 4.78 is 27.6. The first-order valence-electron chi connectivity index (χ1n) is 9.57. The van der Waals surface area contributed by atoms with Gasteiger partial charge in [0, 0.05) is 0 Å². The van der Waals surface area contributed by atoms with Crippen LogP contribution in [0.25, 0.3) is 10.8 Å². The molecule has 0 unspecified atom stereocenters. The Labute approximate surface area is 179 Å². The molecule has 9 heteroatoms. The van der Waals surface area contributed by atoms with Gasteiger partial charge in [0.2, 0.25) is 10.0 Å². The summed E-state index contributed by atoms with van der Waals surface area (Å²) in [5.41, 5.74) is 0.453. The minimum atomic E-state index is -3.57. The Morgan fingerprint density at radius 2 is 1.87 bits per heavy atom. The molecule has 0 atom stereocenters. The number of fused-ring (bicyclic) bond motifs is 1. The van der Waals surface area contributed by atoms with Crippen LogP contribution < -0.4 is 10.2 Å². The topological polar surface area (TPSA) is 94.7 Å². The molecule has 0 spiro atoms. The average Bonchev–Trinajstić information content (AvgIpc) is 3.20. The van der Waals surface area contributed by atoms with Crippen molar-refractivity contribution < 1.29 is 18.1 Å². The number of sulfonamides is 1. The van der Waals surface area contributed by atoms with Crippen molar-refractivity contribution in [1.29, 1.82) is 5.26 Å². The predicted molar refractivity (Wildman–Crippen MR) is 116 cm³/mol. The maximum Gasteiger partial charge on any atom is 0.280 e. The summed E-state index contributed by atoms with van der Waals surface area (Å²) in [4.78, 5) is 13.6. The molecule has 1 saturated heterocycles.